The lowest BCUT2D eigenvalue weighted by molar-refractivity contribution is 0.298. The van der Waals surface area contributed by atoms with Gasteiger partial charge in [0, 0.05) is 36.9 Å². The summed E-state index contributed by atoms with van der Waals surface area (Å²) in [6.07, 6.45) is 6.00. The average Bonchev–Trinajstić information content (AvgIpc) is 3.31. The van der Waals surface area contributed by atoms with Crippen molar-refractivity contribution in [1.82, 2.24) is 24.5 Å². The van der Waals surface area contributed by atoms with Crippen LogP contribution in [0.2, 0.25) is 0 Å². The van der Waals surface area contributed by atoms with Gasteiger partial charge in [0.05, 0.1) is 22.8 Å². The zero-order valence-electron chi connectivity index (χ0n) is 15.4. The number of aromatic amines is 2. The molecule has 2 N–H and O–H groups in total. The number of pyridine rings is 2. The number of aromatic nitrogens is 5. The van der Waals surface area contributed by atoms with Crippen LogP contribution in [0.3, 0.4) is 0 Å². The van der Waals surface area contributed by atoms with Crippen LogP contribution in [0.5, 0.6) is 0 Å². The standard InChI is InChI=1S/C20H19N7O/c1-12-11-26(17-3-2-13(8-21)9-23-17)7-5-16(12)27-18-14-4-6-22-19(14)24-10-15(18)25-20(27)28/h2-4,6,9-10,12,16H,5,7,11H2,1H3,(H,22,24)(H,25,28)/t12-,16+/m1/s1. The van der Waals surface area contributed by atoms with Crippen LogP contribution in [-0.4, -0.2) is 37.6 Å². The van der Waals surface area contributed by atoms with Crippen molar-refractivity contribution in [2.24, 2.45) is 5.92 Å². The smallest absolute Gasteiger partial charge is 0.326 e. The van der Waals surface area contributed by atoms with Crippen LogP contribution >= 0.6 is 0 Å². The fourth-order valence-corrected chi connectivity index (χ4v) is 4.30. The molecular formula is C20H19N7O. The van der Waals surface area contributed by atoms with Crippen LogP contribution < -0.4 is 10.6 Å². The maximum absolute atomic E-state index is 12.8. The molecule has 4 aromatic heterocycles. The Morgan fingerprint density at radius 1 is 1.25 bits per heavy atom. The van der Waals surface area contributed by atoms with E-state index in [1.54, 1.807) is 18.5 Å². The molecule has 0 saturated carbocycles. The molecule has 1 saturated heterocycles. The second-order valence-corrected chi connectivity index (χ2v) is 7.36. The molecule has 28 heavy (non-hydrogen) atoms. The first-order chi connectivity index (χ1) is 13.7. The van der Waals surface area contributed by atoms with Gasteiger partial charge in [0.15, 0.2) is 0 Å². The molecule has 0 unspecified atom stereocenters. The van der Waals surface area contributed by atoms with Crippen LogP contribution in [0.4, 0.5) is 5.82 Å². The third-order valence-electron chi connectivity index (χ3n) is 5.65. The highest BCUT2D eigenvalue weighted by Gasteiger charge is 2.30. The SMILES string of the molecule is C[C@@H]1CN(c2ccc(C#N)cn2)CC[C@@H]1n1c(=O)[nH]c2cnc3[nH]ccc3c21. The first-order valence-corrected chi connectivity index (χ1v) is 9.33. The van der Waals surface area contributed by atoms with Crippen molar-refractivity contribution in [3.05, 3.63) is 52.8 Å². The molecule has 0 amide bonds. The Hall–Kier alpha value is -3.60. The molecule has 1 aliphatic rings. The molecule has 1 aliphatic heterocycles. The molecule has 8 nitrogen and oxygen atoms in total. The number of nitriles is 1. The number of hydrogen-bond donors (Lipinski definition) is 2. The number of imidazole rings is 1. The summed E-state index contributed by atoms with van der Waals surface area (Å²) in [5.74, 6) is 1.12. The van der Waals surface area contributed by atoms with Crippen molar-refractivity contribution in [3.63, 3.8) is 0 Å². The minimum Gasteiger partial charge on any atom is -0.356 e. The Kier molecular flexibility index (Phi) is 3.69. The van der Waals surface area contributed by atoms with Crippen LogP contribution in [0.15, 0.2) is 41.6 Å². The fourth-order valence-electron chi connectivity index (χ4n) is 4.30. The van der Waals surface area contributed by atoms with Crippen molar-refractivity contribution in [1.29, 1.82) is 5.26 Å². The summed E-state index contributed by atoms with van der Waals surface area (Å²) in [6, 6.07) is 7.84. The summed E-state index contributed by atoms with van der Waals surface area (Å²) in [6.45, 7) is 3.76. The quantitative estimate of drug-likeness (QED) is 0.562. The molecular weight excluding hydrogens is 354 g/mol. The van der Waals surface area contributed by atoms with Gasteiger partial charge in [-0.2, -0.15) is 5.26 Å². The van der Waals surface area contributed by atoms with Gasteiger partial charge in [-0.05, 0) is 30.5 Å². The minimum absolute atomic E-state index is 0.0905. The van der Waals surface area contributed by atoms with Crippen molar-refractivity contribution >= 4 is 27.9 Å². The van der Waals surface area contributed by atoms with Gasteiger partial charge in [-0.15, -0.1) is 0 Å². The molecule has 1 fully saturated rings. The molecule has 0 spiro atoms. The average molecular weight is 373 g/mol. The molecule has 0 aliphatic carbocycles. The van der Waals surface area contributed by atoms with Gasteiger partial charge in [-0.1, -0.05) is 6.92 Å². The van der Waals surface area contributed by atoms with Gasteiger partial charge < -0.3 is 14.9 Å². The van der Waals surface area contributed by atoms with Gasteiger partial charge >= 0.3 is 5.69 Å². The van der Waals surface area contributed by atoms with Gasteiger partial charge in [-0.3, -0.25) is 4.57 Å². The van der Waals surface area contributed by atoms with Crippen LogP contribution in [0.25, 0.3) is 22.1 Å². The van der Waals surface area contributed by atoms with Gasteiger partial charge in [-0.25, -0.2) is 14.8 Å². The molecule has 0 radical (unpaired) electrons. The van der Waals surface area contributed by atoms with Crippen molar-refractivity contribution in [2.75, 3.05) is 18.0 Å². The lowest BCUT2D eigenvalue weighted by atomic mass is 9.93. The van der Waals surface area contributed by atoms with Gasteiger partial charge in [0.2, 0.25) is 0 Å². The van der Waals surface area contributed by atoms with Crippen LogP contribution in [-0.2, 0) is 0 Å². The van der Waals surface area contributed by atoms with Gasteiger partial charge in [0.25, 0.3) is 0 Å². The van der Waals surface area contributed by atoms with Crippen molar-refractivity contribution in [3.8, 4) is 6.07 Å². The van der Waals surface area contributed by atoms with E-state index in [0.717, 1.165) is 47.4 Å². The predicted octanol–water partition coefficient (Wildman–Crippen LogP) is 2.56. The number of piperidine rings is 1. The van der Waals surface area contributed by atoms with E-state index in [4.69, 9.17) is 5.26 Å². The summed E-state index contributed by atoms with van der Waals surface area (Å²) in [4.78, 5) is 29.9. The number of nitrogens with zero attached hydrogens (tertiary/aromatic N) is 5. The predicted molar refractivity (Wildman–Crippen MR) is 106 cm³/mol. The Morgan fingerprint density at radius 2 is 2.14 bits per heavy atom. The van der Waals surface area contributed by atoms with E-state index >= 15 is 0 Å². The number of hydrogen-bond acceptors (Lipinski definition) is 5. The van der Waals surface area contributed by atoms with Crippen LogP contribution in [0.1, 0.15) is 24.9 Å². The van der Waals surface area contributed by atoms with E-state index in [2.05, 4.69) is 37.8 Å². The minimum atomic E-state index is -0.0905. The Bertz CT molecular complexity index is 1260. The lowest BCUT2D eigenvalue weighted by Crippen LogP contribution is -2.42. The largest absolute Gasteiger partial charge is 0.356 e. The molecule has 5 rings (SSSR count). The summed E-state index contributed by atoms with van der Waals surface area (Å²) < 4.78 is 1.90. The second-order valence-electron chi connectivity index (χ2n) is 7.36. The van der Waals surface area contributed by atoms with Crippen LogP contribution in [0, 0.1) is 17.2 Å². The number of fused-ring (bicyclic) bond motifs is 3. The van der Waals surface area contributed by atoms with Gasteiger partial charge in [0.1, 0.15) is 17.5 Å². The highest BCUT2D eigenvalue weighted by atomic mass is 16.1. The number of H-pyrrole nitrogens is 2. The normalized spacial score (nSPS) is 19.9. The van der Waals surface area contributed by atoms with Crippen molar-refractivity contribution < 1.29 is 0 Å². The van der Waals surface area contributed by atoms with E-state index in [1.807, 2.05) is 22.9 Å². The maximum atomic E-state index is 12.8. The maximum Gasteiger partial charge on any atom is 0.326 e. The summed E-state index contributed by atoms with van der Waals surface area (Å²) in [7, 11) is 0. The third-order valence-corrected chi connectivity index (χ3v) is 5.65. The molecule has 0 aromatic carbocycles. The summed E-state index contributed by atoms with van der Waals surface area (Å²) >= 11 is 0. The van der Waals surface area contributed by atoms with E-state index < -0.39 is 0 Å². The summed E-state index contributed by atoms with van der Waals surface area (Å²) in [5.41, 5.74) is 2.93. The zero-order chi connectivity index (χ0) is 19.3. The third kappa shape index (κ3) is 2.47. The topological polar surface area (TPSA) is 106 Å². The molecule has 5 heterocycles. The zero-order valence-corrected chi connectivity index (χ0v) is 15.4. The molecule has 8 heteroatoms. The molecule has 2 atom stereocenters. The molecule has 0 bridgehead atoms. The number of nitrogens with one attached hydrogen (secondary N) is 2. The lowest BCUT2D eigenvalue weighted by Gasteiger charge is -2.38. The molecule has 140 valence electrons. The van der Waals surface area contributed by atoms with Crippen molar-refractivity contribution in [2.45, 2.75) is 19.4 Å². The highest BCUT2D eigenvalue weighted by Crippen LogP contribution is 2.33. The Morgan fingerprint density at radius 3 is 2.89 bits per heavy atom. The Labute approximate surface area is 160 Å². The van der Waals surface area contributed by atoms with E-state index in [1.165, 1.54) is 0 Å². The van der Waals surface area contributed by atoms with E-state index in [-0.39, 0.29) is 17.6 Å². The monoisotopic (exact) mass is 373 g/mol. The first kappa shape index (κ1) is 16.6. The second kappa shape index (κ2) is 6.23. The fraction of sp³-hybridized carbons (Fsp3) is 0.300. The highest BCUT2D eigenvalue weighted by molar-refractivity contribution is 6.00. The number of rotatable bonds is 2. The summed E-state index contributed by atoms with van der Waals surface area (Å²) in [5, 5.41) is 9.91. The van der Waals surface area contributed by atoms with E-state index in [0.29, 0.717) is 5.56 Å². The van der Waals surface area contributed by atoms with E-state index in [9.17, 15) is 4.79 Å². The Balaban J connectivity index is 1.50. The molecule has 4 aromatic rings. The first-order valence-electron chi connectivity index (χ1n) is 9.33. The number of anilines is 1.